The van der Waals surface area contributed by atoms with Crippen molar-refractivity contribution in [1.29, 1.82) is 0 Å². The third-order valence-corrected chi connectivity index (χ3v) is 2.31. The highest BCUT2D eigenvalue weighted by Gasteiger charge is 2.16. The largest absolute Gasteiger partial charge is 0.443 e. The van der Waals surface area contributed by atoms with E-state index in [4.69, 9.17) is 4.74 Å². The molecule has 0 bridgehead atoms. The average molecular weight is 238 g/mol. The summed E-state index contributed by atoms with van der Waals surface area (Å²) < 4.78 is 5.11. The van der Waals surface area contributed by atoms with Gasteiger partial charge in [-0.15, -0.1) is 0 Å². The number of allylic oxidation sites excluding steroid dienone is 4. The van der Waals surface area contributed by atoms with Crippen LogP contribution in [-0.4, -0.2) is 17.7 Å². The Hall–Kier alpha value is -1.29. The standard InChI is InChI=1S/C13H22N2O2/c1-10(8-9-11-6-5-7-11)14-15-12(16)17-13(2,3)4/h5-7,10,14H,8-9H2,1-4H3,(H,15,16)/t10-/m0/s1. The molecule has 1 rings (SSSR count). The number of amides is 1. The highest BCUT2D eigenvalue weighted by Crippen LogP contribution is 2.15. The van der Waals surface area contributed by atoms with E-state index >= 15 is 0 Å². The minimum atomic E-state index is -0.462. The van der Waals surface area contributed by atoms with Crippen LogP contribution in [-0.2, 0) is 4.74 Å². The van der Waals surface area contributed by atoms with Gasteiger partial charge in [0.05, 0.1) is 0 Å². The minimum Gasteiger partial charge on any atom is -0.443 e. The van der Waals surface area contributed by atoms with Gasteiger partial charge in [-0.1, -0.05) is 18.2 Å². The number of carbonyl (C=O) groups is 1. The Labute approximate surface area is 103 Å². The minimum absolute atomic E-state index is 0.220. The quantitative estimate of drug-likeness (QED) is 0.724. The van der Waals surface area contributed by atoms with Crippen LogP contribution in [0.15, 0.2) is 23.8 Å². The van der Waals surface area contributed by atoms with Gasteiger partial charge < -0.3 is 4.74 Å². The first-order valence-corrected chi connectivity index (χ1v) is 5.98. The van der Waals surface area contributed by atoms with Gasteiger partial charge in [0.1, 0.15) is 5.60 Å². The van der Waals surface area contributed by atoms with E-state index < -0.39 is 11.7 Å². The van der Waals surface area contributed by atoms with E-state index in [2.05, 4.69) is 23.0 Å². The van der Waals surface area contributed by atoms with Crippen molar-refractivity contribution in [3.63, 3.8) is 0 Å². The summed E-state index contributed by atoms with van der Waals surface area (Å²) in [7, 11) is 0. The van der Waals surface area contributed by atoms with Crippen molar-refractivity contribution < 1.29 is 9.53 Å². The molecule has 0 saturated heterocycles. The summed E-state index contributed by atoms with van der Waals surface area (Å²) in [5.74, 6) is 0. The smallest absolute Gasteiger partial charge is 0.422 e. The van der Waals surface area contributed by atoms with Gasteiger partial charge >= 0.3 is 6.09 Å². The first kappa shape index (κ1) is 13.8. The van der Waals surface area contributed by atoms with Crippen LogP contribution in [0.5, 0.6) is 0 Å². The van der Waals surface area contributed by atoms with E-state index in [1.165, 1.54) is 5.57 Å². The van der Waals surface area contributed by atoms with E-state index in [0.717, 1.165) is 12.8 Å². The van der Waals surface area contributed by atoms with Crippen LogP contribution >= 0.6 is 0 Å². The zero-order valence-corrected chi connectivity index (χ0v) is 11.0. The molecule has 4 heteroatoms. The normalized spacial score (nSPS) is 15.9. The maximum Gasteiger partial charge on any atom is 0.422 e. The molecule has 17 heavy (non-hydrogen) atoms. The second kappa shape index (κ2) is 5.87. The third kappa shape index (κ3) is 6.12. The monoisotopic (exact) mass is 238 g/mol. The SMILES string of the molecule is C[C@@H](CCC1=CC=C1)NNC(=O)OC(C)(C)C. The molecule has 2 N–H and O–H groups in total. The Morgan fingerprint density at radius 1 is 1.47 bits per heavy atom. The predicted molar refractivity (Wildman–Crippen MR) is 68.4 cm³/mol. The number of carbonyl (C=O) groups excluding carboxylic acids is 1. The van der Waals surface area contributed by atoms with Gasteiger partial charge in [-0.2, -0.15) is 0 Å². The van der Waals surface area contributed by atoms with Gasteiger partial charge in [-0.05, 0) is 46.1 Å². The summed E-state index contributed by atoms with van der Waals surface area (Å²) in [4.78, 5) is 11.4. The van der Waals surface area contributed by atoms with E-state index in [-0.39, 0.29) is 6.04 Å². The fraction of sp³-hybridized carbons (Fsp3) is 0.615. The van der Waals surface area contributed by atoms with Gasteiger partial charge in [-0.3, -0.25) is 5.43 Å². The Morgan fingerprint density at radius 2 is 2.12 bits per heavy atom. The van der Waals surface area contributed by atoms with Crippen molar-refractivity contribution in [2.45, 2.75) is 52.2 Å². The molecule has 96 valence electrons. The highest BCUT2D eigenvalue weighted by molar-refractivity contribution is 5.67. The van der Waals surface area contributed by atoms with Crippen LogP contribution in [0.4, 0.5) is 4.79 Å². The van der Waals surface area contributed by atoms with E-state index in [1.807, 2.05) is 33.8 Å². The van der Waals surface area contributed by atoms with Crippen molar-refractivity contribution in [3.8, 4) is 0 Å². The Balaban J connectivity index is 2.10. The van der Waals surface area contributed by atoms with Gasteiger partial charge in [0.2, 0.25) is 0 Å². The van der Waals surface area contributed by atoms with Crippen molar-refractivity contribution in [2.75, 3.05) is 0 Å². The summed E-state index contributed by atoms with van der Waals surface area (Å²) in [6, 6.07) is 0.220. The molecule has 0 aliphatic heterocycles. The lowest BCUT2D eigenvalue weighted by Crippen LogP contribution is -2.45. The van der Waals surface area contributed by atoms with E-state index in [1.54, 1.807) is 0 Å². The molecule has 0 aromatic carbocycles. The summed E-state index contributed by atoms with van der Waals surface area (Å²) in [6.07, 6.45) is 7.81. The van der Waals surface area contributed by atoms with Gasteiger partial charge in [0.15, 0.2) is 0 Å². The molecule has 0 aromatic rings. The number of rotatable bonds is 5. The van der Waals surface area contributed by atoms with Crippen LogP contribution in [0.3, 0.4) is 0 Å². The summed E-state index contributed by atoms with van der Waals surface area (Å²) >= 11 is 0. The molecule has 1 atom stereocenters. The molecule has 0 saturated carbocycles. The number of hydrazine groups is 1. The number of nitrogens with one attached hydrogen (secondary N) is 2. The lowest BCUT2D eigenvalue weighted by Gasteiger charge is -2.21. The molecule has 0 heterocycles. The topological polar surface area (TPSA) is 50.4 Å². The highest BCUT2D eigenvalue weighted by atomic mass is 16.6. The number of hydrogen-bond acceptors (Lipinski definition) is 3. The third-order valence-electron chi connectivity index (χ3n) is 2.31. The Morgan fingerprint density at radius 3 is 2.59 bits per heavy atom. The summed E-state index contributed by atoms with van der Waals surface area (Å²) in [5.41, 5.74) is 6.38. The van der Waals surface area contributed by atoms with Crippen LogP contribution < -0.4 is 10.9 Å². The van der Waals surface area contributed by atoms with Crippen LogP contribution in [0.25, 0.3) is 0 Å². The molecular formula is C13H22N2O2. The molecule has 4 nitrogen and oxygen atoms in total. The molecule has 1 aliphatic carbocycles. The predicted octanol–water partition coefficient (Wildman–Crippen LogP) is 2.68. The number of ether oxygens (including phenoxy) is 1. The van der Waals surface area contributed by atoms with Crippen molar-refractivity contribution in [2.24, 2.45) is 0 Å². The Bertz CT molecular complexity index is 327. The van der Waals surface area contributed by atoms with E-state index in [9.17, 15) is 4.79 Å². The van der Waals surface area contributed by atoms with Crippen LogP contribution in [0.2, 0.25) is 0 Å². The number of hydrogen-bond donors (Lipinski definition) is 2. The van der Waals surface area contributed by atoms with E-state index in [0.29, 0.717) is 0 Å². The summed E-state index contributed by atoms with van der Waals surface area (Å²) in [5, 5.41) is 0. The lowest BCUT2D eigenvalue weighted by molar-refractivity contribution is 0.0488. The first-order chi connectivity index (χ1) is 7.87. The molecule has 0 spiro atoms. The van der Waals surface area contributed by atoms with Gasteiger partial charge in [0, 0.05) is 6.04 Å². The second-order valence-corrected chi connectivity index (χ2v) is 5.31. The first-order valence-electron chi connectivity index (χ1n) is 5.98. The molecular weight excluding hydrogens is 216 g/mol. The van der Waals surface area contributed by atoms with Crippen LogP contribution in [0, 0.1) is 0 Å². The molecule has 0 fully saturated rings. The van der Waals surface area contributed by atoms with Crippen molar-refractivity contribution in [1.82, 2.24) is 10.9 Å². The molecule has 0 radical (unpaired) electrons. The maximum atomic E-state index is 11.4. The summed E-state index contributed by atoms with van der Waals surface area (Å²) in [6.45, 7) is 7.54. The lowest BCUT2D eigenvalue weighted by atomic mass is 10.0. The molecule has 0 unspecified atom stereocenters. The van der Waals surface area contributed by atoms with Gasteiger partial charge in [-0.25, -0.2) is 10.2 Å². The average Bonchev–Trinajstić information content (AvgIpc) is 2.09. The van der Waals surface area contributed by atoms with Gasteiger partial charge in [0.25, 0.3) is 0 Å². The molecule has 0 aromatic heterocycles. The Kier molecular flexibility index (Phi) is 4.75. The molecule has 1 amide bonds. The van der Waals surface area contributed by atoms with Crippen molar-refractivity contribution in [3.05, 3.63) is 23.8 Å². The maximum absolute atomic E-state index is 11.4. The molecule has 1 aliphatic rings. The van der Waals surface area contributed by atoms with Crippen molar-refractivity contribution >= 4 is 6.09 Å². The van der Waals surface area contributed by atoms with Crippen LogP contribution in [0.1, 0.15) is 40.5 Å². The zero-order valence-electron chi connectivity index (χ0n) is 11.0. The second-order valence-electron chi connectivity index (χ2n) is 5.31. The fourth-order valence-corrected chi connectivity index (χ4v) is 1.34. The fourth-order valence-electron chi connectivity index (χ4n) is 1.34. The zero-order chi connectivity index (χ0) is 12.9.